The van der Waals surface area contributed by atoms with Crippen LogP contribution in [0.1, 0.15) is 44.6 Å². The number of carbonyl (C=O) groups is 3. The lowest BCUT2D eigenvalue weighted by Gasteiger charge is -2.36. The largest absolute Gasteiger partial charge is 0.394 e. The fourth-order valence-electron chi connectivity index (χ4n) is 6.65. The molecule has 2 bridgehead atoms. The molecule has 3 N–H and O–H groups in total. The first-order chi connectivity index (χ1) is 18.5. The number of likely N-dealkylation sites (tertiary alicyclic amines) is 1. The highest BCUT2D eigenvalue weighted by molar-refractivity contribution is 6.02. The SMILES string of the molecule is CCCCCNC(=O)C1N([C@@H](CO)Cc2ccccc2)C(=O)[C@@H]2[C@H](C(=O)Nc3ccccc3)[C@@H]3CCC12O3. The number of hydrogen-bond acceptors (Lipinski definition) is 5. The Kier molecular flexibility index (Phi) is 7.81. The van der Waals surface area contributed by atoms with Crippen molar-refractivity contribution in [2.24, 2.45) is 11.8 Å². The zero-order valence-corrected chi connectivity index (χ0v) is 21.8. The number of aliphatic hydroxyl groups excluding tert-OH is 1. The average molecular weight is 520 g/mol. The summed E-state index contributed by atoms with van der Waals surface area (Å²) < 4.78 is 6.50. The van der Waals surface area contributed by atoms with Crippen LogP contribution in [0.5, 0.6) is 0 Å². The summed E-state index contributed by atoms with van der Waals surface area (Å²) in [6, 6.07) is 17.3. The fourth-order valence-corrected chi connectivity index (χ4v) is 6.65. The standard InChI is InChI=1S/C30H37N3O5/c1-2-3-10-17-31-28(36)26-30-16-15-23(38-30)24(27(35)32-21-13-8-5-9-14-21)25(30)29(37)33(26)22(19-34)18-20-11-6-4-7-12-20/h4-9,11-14,22-26,34H,2-3,10,15-19H2,1H3,(H,31,36)(H,32,35)/t22-,23+,24-,25+,26?,30?/m1/s1. The minimum atomic E-state index is -1.08. The molecule has 5 rings (SSSR count). The minimum Gasteiger partial charge on any atom is -0.394 e. The molecule has 3 aliphatic heterocycles. The Morgan fingerprint density at radius 3 is 2.47 bits per heavy atom. The third kappa shape index (κ3) is 4.71. The van der Waals surface area contributed by atoms with E-state index < -0.39 is 35.6 Å². The van der Waals surface area contributed by atoms with Gasteiger partial charge in [-0.2, -0.15) is 0 Å². The molecule has 8 nitrogen and oxygen atoms in total. The van der Waals surface area contributed by atoms with Crippen LogP contribution in [0.3, 0.4) is 0 Å². The molecule has 3 aliphatic rings. The van der Waals surface area contributed by atoms with E-state index in [1.165, 1.54) is 4.90 Å². The van der Waals surface area contributed by atoms with Crippen molar-refractivity contribution >= 4 is 23.4 Å². The van der Waals surface area contributed by atoms with Crippen molar-refractivity contribution in [1.29, 1.82) is 0 Å². The van der Waals surface area contributed by atoms with Gasteiger partial charge in [0.25, 0.3) is 0 Å². The molecule has 2 aromatic rings. The van der Waals surface area contributed by atoms with E-state index in [9.17, 15) is 19.5 Å². The summed E-state index contributed by atoms with van der Waals surface area (Å²) in [5, 5.41) is 16.4. The summed E-state index contributed by atoms with van der Waals surface area (Å²) in [6.45, 7) is 2.31. The summed E-state index contributed by atoms with van der Waals surface area (Å²) >= 11 is 0. The van der Waals surface area contributed by atoms with Crippen LogP contribution < -0.4 is 10.6 Å². The topological polar surface area (TPSA) is 108 Å². The maximum atomic E-state index is 14.2. The quantitative estimate of drug-likeness (QED) is 0.396. The summed E-state index contributed by atoms with van der Waals surface area (Å²) in [4.78, 5) is 43.0. The highest BCUT2D eigenvalue weighted by Crippen LogP contribution is 2.59. The molecule has 1 spiro atoms. The molecule has 3 heterocycles. The van der Waals surface area contributed by atoms with E-state index in [0.717, 1.165) is 24.8 Å². The number of nitrogens with zero attached hydrogens (tertiary/aromatic N) is 1. The van der Waals surface area contributed by atoms with E-state index in [1.807, 2.05) is 48.5 Å². The van der Waals surface area contributed by atoms with E-state index in [-0.39, 0.29) is 24.3 Å². The normalized spacial score (nSPS) is 28.3. The highest BCUT2D eigenvalue weighted by atomic mass is 16.5. The van der Waals surface area contributed by atoms with Gasteiger partial charge in [0, 0.05) is 12.2 Å². The van der Waals surface area contributed by atoms with Gasteiger partial charge in [0.15, 0.2) is 0 Å². The first kappa shape index (κ1) is 26.4. The highest BCUT2D eigenvalue weighted by Gasteiger charge is 2.75. The molecular weight excluding hydrogens is 482 g/mol. The summed E-state index contributed by atoms with van der Waals surface area (Å²) in [7, 11) is 0. The molecule has 0 aromatic heterocycles. The molecule has 3 fully saturated rings. The molecule has 8 heteroatoms. The van der Waals surface area contributed by atoms with Crippen molar-refractivity contribution in [3.8, 4) is 0 Å². The molecule has 2 aromatic carbocycles. The Morgan fingerprint density at radius 1 is 1.08 bits per heavy atom. The summed E-state index contributed by atoms with van der Waals surface area (Å²) in [5.41, 5.74) is 0.526. The predicted molar refractivity (Wildman–Crippen MR) is 143 cm³/mol. The van der Waals surface area contributed by atoms with E-state index in [2.05, 4.69) is 17.6 Å². The van der Waals surface area contributed by atoms with Gasteiger partial charge in [-0.25, -0.2) is 0 Å². The average Bonchev–Trinajstić information content (AvgIpc) is 3.58. The van der Waals surface area contributed by atoms with Crippen molar-refractivity contribution in [2.75, 3.05) is 18.5 Å². The van der Waals surface area contributed by atoms with Crippen molar-refractivity contribution < 1.29 is 24.2 Å². The van der Waals surface area contributed by atoms with Gasteiger partial charge in [-0.1, -0.05) is 68.3 Å². The van der Waals surface area contributed by atoms with E-state index in [4.69, 9.17) is 4.74 Å². The molecular formula is C30H37N3O5. The number of benzene rings is 2. The Hall–Kier alpha value is -3.23. The molecule has 2 unspecified atom stereocenters. The van der Waals surface area contributed by atoms with Crippen LogP contribution in [0.25, 0.3) is 0 Å². The maximum Gasteiger partial charge on any atom is 0.245 e. The first-order valence-electron chi connectivity index (χ1n) is 13.8. The Bertz CT molecular complexity index is 1140. The van der Waals surface area contributed by atoms with Gasteiger partial charge < -0.3 is 25.4 Å². The molecule has 6 atom stereocenters. The van der Waals surface area contributed by atoms with Crippen LogP contribution in [0.2, 0.25) is 0 Å². The van der Waals surface area contributed by atoms with Crippen LogP contribution in [-0.4, -0.2) is 64.7 Å². The second-order valence-electron chi connectivity index (χ2n) is 10.7. The van der Waals surface area contributed by atoms with Crippen LogP contribution in [0.15, 0.2) is 60.7 Å². The number of para-hydroxylation sites is 1. The van der Waals surface area contributed by atoms with E-state index >= 15 is 0 Å². The number of nitrogens with one attached hydrogen (secondary N) is 2. The number of rotatable bonds is 11. The first-order valence-corrected chi connectivity index (χ1v) is 13.8. The zero-order chi connectivity index (χ0) is 26.7. The third-order valence-electron chi connectivity index (χ3n) is 8.33. The Balaban J connectivity index is 1.47. The predicted octanol–water partition coefficient (Wildman–Crippen LogP) is 2.91. The van der Waals surface area contributed by atoms with Crippen LogP contribution >= 0.6 is 0 Å². The summed E-state index contributed by atoms with van der Waals surface area (Å²) in [6.07, 6.45) is 3.97. The molecule has 0 saturated carbocycles. The van der Waals surface area contributed by atoms with Gasteiger partial charge in [0.2, 0.25) is 17.7 Å². The number of hydrogen-bond donors (Lipinski definition) is 3. The number of aliphatic hydroxyl groups is 1. The van der Waals surface area contributed by atoms with Crippen molar-refractivity contribution in [3.63, 3.8) is 0 Å². The number of carbonyl (C=O) groups excluding carboxylic acids is 3. The van der Waals surface area contributed by atoms with Crippen LogP contribution in [-0.2, 0) is 25.5 Å². The molecule has 0 aliphatic carbocycles. The Labute approximate surface area is 223 Å². The Morgan fingerprint density at radius 2 is 1.79 bits per heavy atom. The molecule has 38 heavy (non-hydrogen) atoms. The van der Waals surface area contributed by atoms with Gasteiger partial charge in [-0.05, 0) is 43.4 Å². The molecule has 3 saturated heterocycles. The van der Waals surface area contributed by atoms with E-state index in [1.54, 1.807) is 12.1 Å². The number of unbranched alkanes of at least 4 members (excludes halogenated alkanes) is 2. The van der Waals surface area contributed by atoms with Crippen LogP contribution in [0, 0.1) is 11.8 Å². The van der Waals surface area contributed by atoms with Gasteiger partial charge >= 0.3 is 0 Å². The lowest BCUT2D eigenvalue weighted by molar-refractivity contribution is -0.145. The zero-order valence-electron chi connectivity index (χ0n) is 21.8. The summed E-state index contributed by atoms with van der Waals surface area (Å²) in [5.74, 6) is -2.31. The lowest BCUT2D eigenvalue weighted by Crippen LogP contribution is -2.58. The third-order valence-corrected chi connectivity index (χ3v) is 8.33. The van der Waals surface area contributed by atoms with Gasteiger partial charge in [0.1, 0.15) is 11.6 Å². The van der Waals surface area contributed by atoms with Gasteiger partial charge in [0.05, 0.1) is 30.6 Å². The lowest BCUT2D eigenvalue weighted by atomic mass is 9.70. The second-order valence-corrected chi connectivity index (χ2v) is 10.7. The van der Waals surface area contributed by atoms with Crippen molar-refractivity contribution in [3.05, 3.63) is 66.2 Å². The minimum absolute atomic E-state index is 0.270. The number of fused-ring (bicyclic) bond motifs is 1. The smallest absolute Gasteiger partial charge is 0.245 e. The monoisotopic (exact) mass is 519 g/mol. The maximum absolute atomic E-state index is 14.2. The van der Waals surface area contributed by atoms with Crippen molar-refractivity contribution in [1.82, 2.24) is 10.2 Å². The van der Waals surface area contributed by atoms with Gasteiger partial charge in [-0.3, -0.25) is 14.4 Å². The van der Waals surface area contributed by atoms with Gasteiger partial charge in [-0.15, -0.1) is 0 Å². The molecule has 3 amide bonds. The number of ether oxygens (including phenoxy) is 1. The molecule has 202 valence electrons. The van der Waals surface area contributed by atoms with Crippen LogP contribution in [0.4, 0.5) is 5.69 Å². The fraction of sp³-hybridized carbons (Fsp3) is 0.500. The van der Waals surface area contributed by atoms with Crippen molar-refractivity contribution in [2.45, 2.75) is 69.2 Å². The molecule has 0 radical (unpaired) electrons. The second kappa shape index (κ2) is 11.3. The van der Waals surface area contributed by atoms with E-state index in [0.29, 0.717) is 31.5 Å². The number of anilines is 1. The number of amides is 3.